The molecule has 0 amide bonds. The van der Waals surface area contributed by atoms with Gasteiger partial charge in [0.2, 0.25) is 5.43 Å². The van der Waals surface area contributed by atoms with E-state index in [-0.39, 0.29) is 16.7 Å². The zero-order valence-electron chi connectivity index (χ0n) is 5.63. The second-order valence-corrected chi connectivity index (χ2v) is 2.24. The molecule has 0 fully saturated rings. The number of nitrogens with one attached hydrogen (secondary N) is 1. The predicted molar refractivity (Wildman–Crippen MR) is 41.2 cm³/mol. The molecule has 0 radical (unpaired) electrons. The van der Waals surface area contributed by atoms with E-state index in [4.69, 9.17) is 10.2 Å². The second kappa shape index (κ2) is 1.88. The summed E-state index contributed by atoms with van der Waals surface area (Å²) in [6, 6.07) is 1.68. The van der Waals surface area contributed by atoms with Crippen molar-refractivity contribution in [3.05, 3.63) is 28.7 Å². The van der Waals surface area contributed by atoms with Crippen LogP contribution >= 0.6 is 0 Å². The van der Waals surface area contributed by atoms with Crippen molar-refractivity contribution < 1.29 is 4.42 Å². The van der Waals surface area contributed by atoms with Crippen LogP contribution < -0.4 is 11.2 Å². The molecule has 2 heterocycles. The van der Waals surface area contributed by atoms with Crippen molar-refractivity contribution in [1.29, 1.82) is 0 Å². The van der Waals surface area contributed by atoms with E-state index in [0.717, 1.165) is 0 Å². The van der Waals surface area contributed by atoms with Crippen molar-refractivity contribution >= 4 is 16.8 Å². The molecule has 0 aliphatic heterocycles. The summed E-state index contributed by atoms with van der Waals surface area (Å²) >= 11 is 0. The maximum absolute atomic E-state index is 11.2. The van der Waals surface area contributed by atoms with Gasteiger partial charge in [0.1, 0.15) is 0 Å². The number of fused-ring (bicyclic) bond motifs is 1. The molecule has 0 aliphatic carbocycles. The van der Waals surface area contributed by atoms with E-state index in [1.165, 1.54) is 12.5 Å². The smallest absolute Gasteiger partial charge is 0.247 e. The van der Waals surface area contributed by atoms with E-state index in [0.29, 0.717) is 5.52 Å². The monoisotopic (exact) mass is 150 g/mol. The molecule has 0 aliphatic rings. The Bertz CT molecular complexity index is 441. The Morgan fingerprint density at radius 1 is 1.55 bits per heavy atom. The van der Waals surface area contributed by atoms with Gasteiger partial charge < -0.3 is 15.1 Å². The third kappa shape index (κ3) is 0.724. The van der Waals surface area contributed by atoms with Crippen LogP contribution in [-0.4, -0.2) is 4.98 Å². The normalized spacial score (nSPS) is 10.5. The fourth-order valence-electron chi connectivity index (χ4n) is 0.951. The van der Waals surface area contributed by atoms with Crippen LogP contribution in [-0.2, 0) is 0 Å². The Balaban J connectivity index is 3.05. The quantitative estimate of drug-likeness (QED) is 0.580. The molecule has 3 N–H and O–H groups in total. The lowest BCUT2D eigenvalue weighted by molar-refractivity contribution is 0.613. The third-order valence-corrected chi connectivity index (χ3v) is 1.52. The molecule has 11 heavy (non-hydrogen) atoms. The molecule has 4 nitrogen and oxygen atoms in total. The molecule has 0 bridgehead atoms. The Morgan fingerprint density at radius 3 is 3.18 bits per heavy atom. The molecular weight excluding hydrogens is 144 g/mol. The third-order valence-electron chi connectivity index (χ3n) is 1.52. The molecule has 0 atom stereocenters. The zero-order valence-corrected chi connectivity index (χ0v) is 5.63. The van der Waals surface area contributed by atoms with Crippen LogP contribution in [0.5, 0.6) is 0 Å². The average molecular weight is 150 g/mol. The lowest BCUT2D eigenvalue weighted by Gasteiger charge is -1.89. The van der Waals surface area contributed by atoms with E-state index < -0.39 is 0 Å². The van der Waals surface area contributed by atoms with Crippen molar-refractivity contribution in [3.8, 4) is 0 Å². The van der Waals surface area contributed by atoms with Crippen LogP contribution in [0, 0.1) is 0 Å². The lowest BCUT2D eigenvalue weighted by atomic mass is 10.3. The predicted octanol–water partition coefficient (Wildman–Crippen LogP) is 0.703. The molecule has 2 rings (SSSR count). The van der Waals surface area contributed by atoms with E-state index in [2.05, 4.69) is 4.98 Å². The van der Waals surface area contributed by atoms with E-state index in [9.17, 15) is 4.79 Å². The SMILES string of the molecule is Nc1c[nH]c2ccoc2c1=O. The van der Waals surface area contributed by atoms with Gasteiger partial charge in [-0.25, -0.2) is 0 Å². The standard InChI is InChI=1S/C7H6N2O2/c8-4-3-9-5-1-2-11-7(5)6(4)10/h1-3H,8H2,(H,9,10). The van der Waals surface area contributed by atoms with Crippen LogP contribution in [0.1, 0.15) is 0 Å². The van der Waals surface area contributed by atoms with Crippen molar-refractivity contribution in [2.24, 2.45) is 0 Å². The molecule has 0 aromatic carbocycles. The van der Waals surface area contributed by atoms with Gasteiger partial charge in [-0.3, -0.25) is 4.79 Å². The zero-order chi connectivity index (χ0) is 7.84. The van der Waals surface area contributed by atoms with Gasteiger partial charge in [0.15, 0.2) is 5.58 Å². The highest BCUT2D eigenvalue weighted by Gasteiger charge is 2.03. The molecule has 2 aromatic rings. The number of aromatic nitrogens is 1. The number of furan rings is 1. The Hall–Kier alpha value is -1.71. The lowest BCUT2D eigenvalue weighted by Crippen LogP contribution is -2.07. The minimum Gasteiger partial charge on any atom is -0.459 e. The number of anilines is 1. The Labute approximate surface area is 61.6 Å². The van der Waals surface area contributed by atoms with Gasteiger partial charge in [-0.05, 0) is 0 Å². The van der Waals surface area contributed by atoms with Gasteiger partial charge in [-0.1, -0.05) is 0 Å². The van der Waals surface area contributed by atoms with Crippen molar-refractivity contribution in [3.63, 3.8) is 0 Å². The summed E-state index contributed by atoms with van der Waals surface area (Å²) in [6.45, 7) is 0. The number of H-pyrrole nitrogens is 1. The fraction of sp³-hybridized carbons (Fsp3) is 0. The summed E-state index contributed by atoms with van der Waals surface area (Å²) in [6.07, 6.45) is 2.90. The second-order valence-electron chi connectivity index (χ2n) is 2.24. The molecule has 56 valence electrons. The summed E-state index contributed by atoms with van der Waals surface area (Å²) in [5.74, 6) is 0. The first kappa shape index (κ1) is 6.03. The first-order valence-electron chi connectivity index (χ1n) is 3.13. The largest absolute Gasteiger partial charge is 0.459 e. The van der Waals surface area contributed by atoms with Crippen LogP contribution in [0.25, 0.3) is 11.1 Å². The molecule has 0 unspecified atom stereocenters. The van der Waals surface area contributed by atoms with Crippen LogP contribution in [0.2, 0.25) is 0 Å². The number of hydrogen-bond acceptors (Lipinski definition) is 3. The highest BCUT2D eigenvalue weighted by molar-refractivity contribution is 5.74. The number of aromatic amines is 1. The first-order chi connectivity index (χ1) is 5.29. The molecule has 2 aromatic heterocycles. The maximum Gasteiger partial charge on any atom is 0.247 e. The van der Waals surface area contributed by atoms with E-state index in [1.54, 1.807) is 6.07 Å². The summed E-state index contributed by atoms with van der Waals surface area (Å²) in [7, 11) is 0. The minimum absolute atomic E-state index is 0.174. The summed E-state index contributed by atoms with van der Waals surface area (Å²) in [5.41, 5.74) is 6.21. The van der Waals surface area contributed by atoms with Gasteiger partial charge in [0, 0.05) is 12.3 Å². The minimum atomic E-state index is -0.260. The van der Waals surface area contributed by atoms with Crippen molar-refractivity contribution in [2.45, 2.75) is 0 Å². The van der Waals surface area contributed by atoms with Gasteiger partial charge in [-0.2, -0.15) is 0 Å². The van der Waals surface area contributed by atoms with Gasteiger partial charge in [-0.15, -0.1) is 0 Å². The van der Waals surface area contributed by atoms with Crippen molar-refractivity contribution in [2.75, 3.05) is 5.73 Å². The van der Waals surface area contributed by atoms with Gasteiger partial charge >= 0.3 is 0 Å². The molecular formula is C7H6N2O2. The Kier molecular flexibility index (Phi) is 1.03. The highest BCUT2D eigenvalue weighted by atomic mass is 16.3. The number of nitrogen functional groups attached to an aromatic ring is 1. The van der Waals surface area contributed by atoms with Crippen molar-refractivity contribution in [1.82, 2.24) is 4.98 Å². The average Bonchev–Trinajstić information content (AvgIpc) is 2.45. The van der Waals surface area contributed by atoms with Crippen LogP contribution in [0.15, 0.2) is 27.7 Å². The van der Waals surface area contributed by atoms with Crippen LogP contribution in [0.4, 0.5) is 5.69 Å². The summed E-state index contributed by atoms with van der Waals surface area (Å²) < 4.78 is 4.91. The van der Waals surface area contributed by atoms with Gasteiger partial charge in [0.25, 0.3) is 0 Å². The number of hydrogen-bond donors (Lipinski definition) is 2. The first-order valence-corrected chi connectivity index (χ1v) is 3.13. The Morgan fingerprint density at radius 2 is 2.36 bits per heavy atom. The van der Waals surface area contributed by atoms with Crippen LogP contribution in [0.3, 0.4) is 0 Å². The maximum atomic E-state index is 11.2. The van der Waals surface area contributed by atoms with E-state index >= 15 is 0 Å². The number of rotatable bonds is 0. The topological polar surface area (TPSA) is 72.0 Å². The van der Waals surface area contributed by atoms with Gasteiger partial charge in [0.05, 0.1) is 17.5 Å². The highest BCUT2D eigenvalue weighted by Crippen LogP contribution is 2.08. The summed E-state index contributed by atoms with van der Waals surface area (Å²) in [4.78, 5) is 14.0. The molecule has 4 heteroatoms. The molecule has 0 spiro atoms. The molecule has 0 saturated carbocycles. The van der Waals surface area contributed by atoms with E-state index in [1.807, 2.05) is 0 Å². The summed E-state index contributed by atoms with van der Waals surface area (Å²) in [5, 5.41) is 0. The number of pyridine rings is 1. The number of nitrogens with two attached hydrogens (primary N) is 1. The molecule has 0 saturated heterocycles. The fourth-order valence-corrected chi connectivity index (χ4v) is 0.951.